The van der Waals surface area contributed by atoms with Crippen LogP contribution in [-0.4, -0.2) is 16.1 Å². The number of fused-ring (bicyclic) bond motifs is 4. The fourth-order valence-electron chi connectivity index (χ4n) is 3.78. The van der Waals surface area contributed by atoms with Gasteiger partial charge in [-0.05, 0) is 58.3 Å². The van der Waals surface area contributed by atoms with Gasteiger partial charge in [-0.2, -0.15) is 0 Å². The Bertz CT molecular complexity index is 1370. The fourth-order valence-corrected chi connectivity index (χ4v) is 3.78. The Balaban J connectivity index is 1.82. The minimum Gasteiger partial charge on any atom is -0.478 e. The van der Waals surface area contributed by atoms with Crippen LogP contribution < -0.4 is 0 Å². The van der Waals surface area contributed by atoms with E-state index in [9.17, 15) is 18.7 Å². The number of hydrogen-bond donors (Lipinski definition) is 2. The average molecular weight is 373 g/mol. The first-order valence-corrected chi connectivity index (χ1v) is 8.68. The summed E-state index contributed by atoms with van der Waals surface area (Å²) in [6.45, 7) is 0. The molecule has 0 spiro atoms. The van der Waals surface area contributed by atoms with Gasteiger partial charge >= 0.3 is 5.97 Å². The lowest BCUT2D eigenvalue weighted by atomic mass is 10.0. The summed E-state index contributed by atoms with van der Waals surface area (Å²) in [7, 11) is 0. The predicted octanol–water partition coefficient (Wildman–Crippen LogP) is 6.07. The summed E-state index contributed by atoms with van der Waals surface area (Å²) in [6.07, 6.45) is 0. The third-order valence-electron chi connectivity index (χ3n) is 5.02. The highest BCUT2D eigenvalue weighted by atomic mass is 19.1. The lowest BCUT2D eigenvalue weighted by Gasteiger charge is -2.09. The molecule has 0 atom stereocenters. The molecule has 1 aliphatic heterocycles. The lowest BCUT2D eigenvalue weighted by Crippen LogP contribution is -1.99. The van der Waals surface area contributed by atoms with Crippen LogP contribution in [0.1, 0.15) is 10.4 Å². The number of aromatic carboxylic acids is 1. The zero-order chi connectivity index (χ0) is 19.4. The minimum absolute atomic E-state index is 0.0918. The Hall–Kier alpha value is -3.73. The van der Waals surface area contributed by atoms with Crippen LogP contribution >= 0.6 is 0 Å². The standard InChI is InChI=1S/C23H13F2NO2/c24-16-9-14-8-15-7-13-6-5-12(17-3-1-2-4-19(17)25)10-20(13)26-22(15)21(14)18(11-16)23(27)28/h1-11,26H,(H,27,28). The zero-order valence-electron chi connectivity index (χ0n) is 14.5. The van der Waals surface area contributed by atoms with E-state index in [4.69, 9.17) is 0 Å². The predicted molar refractivity (Wildman–Crippen MR) is 105 cm³/mol. The van der Waals surface area contributed by atoms with Crippen molar-refractivity contribution in [2.45, 2.75) is 0 Å². The van der Waals surface area contributed by atoms with Gasteiger partial charge in [0.2, 0.25) is 0 Å². The summed E-state index contributed by atoms with van der Waals surface area (Å²) >= 11 is 0. The molecule has 28 heavy (non-hydrogen) atoms. The van der Waals surface area contributed by atoms with Gasteiger partial charge in [0.1, 0.15) is 11.6 Å². The highest BCUT2D eigenvalue weighted by molar-refractivity contribution is 6.13. The topological polar surface area (TPSA) is 53.1 Å². The number of carboxylic acid groups (broad SMARTS) is 1. The molecule has 0 aromatic heterocycles. The molecule has 1 aliphatic carbocycles. The number of hydrogen-bond acceptors (Lipinski definition) is 1. The Morgan fingerprint density at radius 3 is 2.43 bits per heavy atom. The molecule has 136 valence electrons. The van der Waals surface area contributed by atoms with Crippen LogP contribution in [0.25, 0.3) is 44.1 Å². The molecule has 0 amide bonds. The number of carboxylic acids is 1. The summed E-state index contributed by atoms with van der Waals surface area (Å²) in [4.78, 5) is 14.9. The van der Waals surface area contributed by atoms with Crippen LogP contribution in [0.4, 0.5) is 8.78 Å². The Morgan fingerprint density at radius 1 is 0.857 bits per heavy atom. The van der Waals surface area contributed by atoms with Crippen molar-refractivity contribution in [3.8, 4) is 22.4 Å². The van der Waals surface area contributed by atoms with Gasteiger partial charge in [-0.25, -0.2) is 13.6 Å². The van der Waals surface area contributed by atoms with Crippen molar-refractivity contribution >= 4 is 27.6 Å². The van der Waals surface area contributed by atoms with Gasteiger partial charge in [-0.15, -0.1) is 0 Å². The molecule has 0 bridgehead atoms. The van der Waals surface area contributed by atoms with Crippen LogP contribution in [0.3, 0.4) is 0 Å². The van der Waals surface area contributed by atoms with Gasteiger partial charge in [0, 0.05) is 16.5 Å². The molecular formula is C23H13F2NO2. The first-order valence-electron chi connectivity index (χ1n) is 8.68. The SMILES string of the molecule is O=C(O)c1cc(F)cc2cc3cc4ccc(-c5ccccc5F)cc4[nH]c-3c12. The van der Waals surface area contributed by atoms with Crippen molar-refractivity contribution in [3.05, 3.63) is 83.9 Å². The van der Waals surface area contributed by atoms with Crippen LogP contribution in [-0.2, 0) is 0 Å². The maximum Gasteiger partial charge on any atom is 0.336 e. The van der Waals surface area contributed by atoms with E-state index in [2.05, 4.69) is 4.98 Å². The second-order valence-corrected chi connectivity index (χ2v) is 6.75. The van der Waals surface area contributed by atoms with E-state index in [0.29, 0.717) is 27.6 Å². The highest BCUT2D eigenvalue weighted by Crippen LogP contribution is 2.38. The molecule has 2 aliphatic rings. The molecule has 5 rings (SSSR count). The molecule has 1 heterocycles. The third-order valence-corrected chi connectivity index (χ3v) is 5.02. The monoisotopic (exact) mass is 373 g/mol. The zero-order valence-corrected chi connectivity index (χ0v) is 14.5. The summed E-state index contributed by atoms with van der Waals surface area (Å²) in [5.74, 6) is -2.09. The molecule has 0 saturated carbocycles. The van der Waals surface area contributed by atoms with Gasteiger partial charge in [-0.3, -0.25) is 0 Å². The molecule has 2 N–H and O–H groups in total. The third kappa shape index (κ3) is 2.44. The van der Waals surface area contributed by atoms with Crippen LogP contribution in [0.15, 0.2) is 66.7 Å². The maximum absolute atomic E-state index is 14.2. The van der Waals surface area contributed by atoms with E-state index in [1.54, 1.807) is 24.3 Å². The normalized spacial score (nSPS) is 11.5. The number of aromatic amines is 1. The first kappa shape index (κ1) is 16.4. The van der Waals surface area contributed by atoms with Crippen LogP contribution in [0, 0.1) is 11.6 Å². The lowest BCUT2D eigenvalue weighted by molar-refractivity contribution is 0.0698. The van der Waals surface area contributed by atoms with Gasteiger partial charge in [0.05, 0.1) is 11.3 Å². The number of carbonyl (C=O) groups is 1. The van der Waals surface area contributed by atoms with Crippen molar-refractivity contribution in [2.24, 2.45) is 0 Å². The number of pyridine rings is 1. The fraction of sp³-hybridized carbons (Fsp3) is 0. The second-order valence-electron chi connectivity index (χ2n) is 6.75. The van der Waals surface area contributed by atoms with E-state index in [0.717, 1.165) is 22.5 Å². The van der Waals surface area contributed by atoms with Gasteiger partial charge in [0.25, 0.3) is 0 Å². The quantitative estimate of drug-likeness (QED) is 0.395. The number of rotatable bonds is 2. The van der Waals surface area contributed by atoms with Gasteiger partial charge in [0.15, 0.2) is 0 Å². The van der Waals surface area contributed by atoms with Crippen molar-refractivity contribution in [1.29, 1.82) is 0 Å². The van der Waals surface area contributed by atoms with E-state index in [-0.39, 0.29) is 11.4 Å². The second kappa shape index (κ2) is 5.89. The van der Waals surface area contributed by atoms with E-state index in [1.165, 1.54) is 12.1 Å². The number of halogens is 2. The average Bonchev–Trinajstić information content (AvgIpc) is 3.02. The maximum atomic E-state index is 14.2. The highest BCUT2D eigenvalue weighted by Gasteiger charge is 2.20. The number of H-pyrrole nitrogens is 1. The molecule has 0 fully saturated rings. The van der Waals surface area contributed by atoms with E-state index >= 15 is 0 Å². The van der Waals surface area contributed by atoms with Gasteiger partial charge in [-0.1, -0.05) is 30.3 Å². The van der Waals surface area contributed by atoms with E-state index < -0.39 is 11.8 Å². The molecule has 0 radical (unpaired) electrons. The van der Waals surface area contributed by atoms with Crippen LogP contribution in [0.5, 0.6) is 0 Å². The summed E-state index contributed by atoms with van der Waals surface area (Å²) in [6, 6.07) is 18.1. The van der Waals surface area contributed by atoms with Crippen molar-refractivity contribution in [2.75, 3.05) is 0 Å². The number of nitrogens with one attached hydrogen (secondary N) is 1. The molecule has 5 heteroatoms. The summed E-state index contributed by atoms with van der Waals surface area (Å²) in [5.41, 5.74) is 3.24. The molecule has 3 aromatic rings. The molecule has 0 saturated heterocycles. The Morgan fingerprint density at radius 2 is 1.64 bits per heavy atom. The van der Waals surface area contributed by atoms with Crippen molar-refractivity contribution < 1.29 is 18.7 Å². The van der Waals surface area contributed by atoms with E-state index in [1.807, 2.05) is 24.3 Å². The Labute approximate surface area is 158 Å². The van der Waals surface area contributed by atoms with Gasteiger partial charge < -0.3 is 10.1 Å². The minimum atomic E-state index is -1.19. The largest absolute Gasteiger partial charge is 0.478 e. The summed E-state index contributed by atoms with van der Waals surface area (Å²) < 4.78 is 28.0. The first-order chi connectivity index (χ1) is 13.5. The van der Waals surface area contributed by atoms with Crippen molar-refractivity contribution in [1.82, 2.24) is 4.98 Å². The molecule has 0 unspecified atom stereocenters. The summed E-state index contributed by atoms with van der Waals surface area (Å²) in [5, 5.41) is 11.4. The van der Waals surface area contributed by atoms with Crippen molar-refractivity contribution in [3.63, 3.8) is 0 Å². The molecule has 3 aromatic carbocycles. The molecular weight excluding hydrogens is 360 g/mol. The Kier molecular flexibility index (Phi) is 3.46. The number of benzene rings is 3. The van der Waals surface area contributed by atoms with Crippen LogP contribution in [0.2, 0.25) is 0 Å². The number of aromatic nitrogens is 1. The molecule has 3 nitrogen and oxygen atoms in total. The smallest absolute Gasteiger partial charge is 0.336 e.